The van der Waals surface area contributed by atoms with Crippen LogP contribution in [0.2, 0.25) is 0 Å². The topological polar surface area (TPSA) is 50.1 Å². The average molecular weight is 255 g/mol. The molecule has 0 amide bonds. The Balaban J connectivity index is 2.19. The predicted octanol–water partition coefficient (Wildman–Crippen LogP) is 3.58. The molecule has 3 heteroatoms. The Bertz CT molecular complexity index is 523. The molecule has 0 fully saturated rings. The van der Waals surface area contributed by atoms with Crippen LogP contribution in [0.25, 0.3) is 0 Å². The highest BCUT2D eigenvalue weighted by atomic mass is 16.5. The Kier molecular flexibility index (Phi) is 4.35. The number of allylic oxidation sites excluding steroid dienone is 2. The minimum Gasteiger partial charge on any atom is -0.462 e. The molecular weight excluding hydrogens is 238 g/mol. The first-order chi connectivity index (χ1) is 9.26. The number of benzene rings is 1. The lowest BCUT2D eigenvalue weighted by atomic mass is 9.83. The molecule has 2 rings (SSSR count). The fraction of sp³-hybridized carbons (Fsp3) is 0.375. The van der Waals surface area contributed by atoms with Crippen LogP contribution in [0.4, 0.5) is 0 Å². The van der Waals surface area contributed by atoms with Gasteiger partial charge in [-0.3, -0.25) is 0 Å². The summed E-state index contributed by atoms with van der Waals surface area (Å²) in [5.74, 6) is -0.122. The second-order valence-corrected chi connectivity index (χ2v) is 4.60. The van der Waals surface area contributed by atoms with Crippen molar-refractivity contribution in [2.24, 2.45) is 0 Å². The number of nitrogens with zero attached hydrogens (tertiary/aromatic N) is 1. The summed E-state index contributed by atoms with van der Waals surface area (Å²) in [5, 5.41) is 9.14. The minimum atomic E-state index is -0.297. The van der Waals surface area contributed by atoms with Crippen molar-refractivity contribution in [2.45, 2.75) is 32.1 Å². The molecule has 1 aliphatic rings. The molecule has 0 aromatic heterocycles. The fourth-order valence-electron chi connectivity index (χ4n) is 2.41. The number of hydrogen-bond acceptors (Lipinski definition) is 3. The average Bonchev–Trinajstić information content (AvgIpc) is 2.47. The summed E-state index contributed by atoms with van der Waals surface area (Å²) in [5.41, 5.74) is 2.50. The minimum absolute atomic E-state index is 0.176. The normalized spacial score (nSPS) is 18.3. The van der Waals surface area contributed by atoms with Gasteiger partial charge in [-0.1, -0.05) is 18.2 Å². The summed E-state index contributed by atoms with van der Waals surface area (Å²) in [6.45, 7) is 2.17. The summed E-state index contributed by atoms with van der Waals surface area (Å²) in [4.78, 5) is 11.6. The highest BCUT2D eigenvalue weighted by molar-refractivity contribution is 5.89. The number of hydrogen-bond donors (Lipinski definition) is 0. The molecule has 0 saturated carbocycles. The van der Waals surface area contributed by atoms with Gasteiger partial charge < -0.3 is 4.74 Å². The third-order valence-corrected chi connectivity index (χ3v) is 3.39. The first-order valence-electron chi connectivity index (χ1n) is 6.63. The van der Waals surface area contributed by atoms with Crippen molar-refractivity contribution in [3.05, 3.63) is 47.0 Å². The van der Waals surface area contributed by atoms with E-state index in [1.165, 1.54) is 0 Å². The van der Waals surface area contributed by atoms with E-state index < -0.39 is 0 Å². The fourth-order valence-corrected chi connectivity index (χ4v) is 2.41. The lowest BCUT2D eigenvalue weighted by molar-refractivity contribution is 0.0526. The Labute approximate surface area is 113 Å². The molecular formula is C16H17NO2. The molecule has 19 heavy (non-hydrogen) atoms. The Hall–Kier alpha value is -2.08. The van der Waals surface area contributed by atoms with Gasteiger partial charge in [0.05, 0.1) is 18.2 Å². The Morgan fingerprint density at radius 2 is 2.16 bits per heavy atom. The number of carbonyl (C=O) groups excluding carboxylic acids is 1. The van der Waals surface area contributed by atoms with E-state index in [-0.39, 0.29) is 11.9 Å². The van der Waals surface area contributed by atoms with Crippen molar-refractivity contribution in [2.75, 3.05) is 6.61 Å². The van der Waals surface area contributed by atoms with Gasteiger partial charge in [0.25, 0.3) is 0 Å². The van der Waals surface area contributed by atoms with Gasteiger partial charge in [-0.15, -0.1) is 0 Å². The maximum atomic E-state index is 11.6. The van der Waals surface area contributed by atoms with Crippen LogP contribution >= 0.6 is 0 Å². The number of carbonyl (C=O) groups is 1. The smallest absolute Gasteiger partial charge is 0.338 e. The van der Waals surface area contributed by atoms with Gasteiger partial charge in [-0.25, -0.2) is 4.79 Å². The Morgan fingerprint density at radius 3 is 2.79 bits per heavy atom. The molecule has 1 aromatic carbocycles. The highest BCUT2D eigenvalue weighted by Crippen LogP contribution is 2.33. The van der Waals surface area contributed by atoms with Crippen molar-refractivity contribution in [3.8, 4) is 6.07 Å². The van der Waals surface area contributed by atoms with E-state index >= 15 is 0 Å². The number of ether oxygens (including phenoxy) is 1. The summed E-state index contributed by atoms with van der Waals surface area (Å²) in [6, 6.07) is 9.68. The zero-order valence-electron chi connectivity index (χ0n) is 11.1. The molecule has 0 N–H and O–H groups in total. The second kappa shape index (κ2) is 6.19. The maximum absolute atomic E-state index is 11.6. The standard InChI is InChI=1S/C16H17NO2/c1-2-19-16(18)13-9-7-12(8-10-13)15-6-4-3-5-14(15)11-17/h5,7-10,15H,2-4,6H2,1H3. The first kappa shape index (κ1) is 13.4. The lowest BCUT2D eigenvalue weighted by Gasteiger charge is -2.20. The summed E-state index contributed by atoms with van der Waals surface area (Å²) >= 11 is 0. The van der Waals surface area contributed by atoms with E-state index in [1.54, 1.807) is 19.1 Å². The van der Waals surface area contributed by atoms with E-state index in [0.29, 0.717) is 12.2 Å². The monoisotopic (exact) mass is 255 g/mol. The van der Waals surface area contributed by atoms with E-state index in [1.807, 2.05) is 18.2 Å². The van der Waals surface area contributed by atoms with Crippen LogP contribution in [-0.4, -0.2) is 12.6 Å². The van der Waals surface area contributed by atoms with Crippen LogP contribution in [0.1, 0.15) is 48.0 Å². The zero-order chi connectivity index (χ0) is 13.7. The van der Waals surface area contributed by atoms with Crippen molar-refractivity contribution in [1.29, 1.82) is 5.26 Å². The van der Waals surface area contributed by atoms with Gasteiger partial charge in [-0.2, -0.15) is 5.26 Å². The molecule has 0 saturated heterocycles. The van der Waals surface area contributed by atoms with Crippen LogP contribution in [0, 0.1) is 11.3 Å². The van der Waals surface area contributed by atoms with Gasteiger partial charge in [0.15, 0.2) is 0 Å². The van der Waals surface area contributed by atoms with E-state index in [4.69, 9.17) is 10.00 Å². The van der Waals surface area contributed by atoms with Crippen molar-refractivity contribution in [1.82, 2.24) is 0 Å². The van der Waals surface area contributed by atoms with Gasteiger partial charge in [-0.05, 0) is 43.9 Å². The van der Waals surface area contributed by atoms with Crippen molar-refractivity contribution in [3.63, 3.8) is 0 Å². The van der Waals surface area contributed by atoms with Crippen LogP contribution in [0.3, 0.4) is 0 Å². The molecule has 0 spiro atoms. The quantitative estimate of drug-likeness (QED) is 0.776. The van der Waals surface area contributed by atoms with Crippen molar-refractivity contribution < 1.29 is 9.53 Å². The number of esters is 1. The predicted molar refractivity (Wildman–Crippen MR) is 72.7 cm³/mol. The molecule has 0 bridgehead atoms. The molecule has 0 heterocycles. The first-order valence-corrected chi connectivity index (χ1v) is 6.63. The largest absolute Gasteiger partial charge is 0.462 e. The molecule has 1 unspecified atom stereocenters. The summed E-state index contributed by atoms with van der Waals surface area (Å²) in [7, 11) is 0. The maximum Gasteiger partial charge on any atom is 0.338 e. The Morgan fingerprint density at radius 1 is 1.42 bits per heavy atom. The highest BCUT2D eigenvalue weighted by Gasteiger charge is 2.19. The SMILES string of the molecule is CCOC(=O)c1ccc(C2CCCC=C2C#N)cc1. The van der Waals surface area contributed by atoms with Crippen LogP contribution in [-0.2, 0) is 4.74 Å². The van der Waals surface area contributed by atoms with E-state index in [0.717, 1.165) is 30.4 Å². The third-order valence-electron chi connectivity index (χ3n) is 3.39. The molecule has 3 nitrogen and oxygen atoms in total. The lowest BCUT2D eigenvalue weighted by Crippen LogP contribution is -2.08. The van der Waals surface area contributed by atoms with Gasteiger partial charge in [0, 0.05) is 11.5 Å². The summed E-state index contributed by atoms with van der Waals surface area (Å²) < 4.78 is 4.95. The van der Waals surface area contributed by atoms with Crippen LogP contribution < -0.4 is 0 Å². The van der Waals surface area contributed by atoms with Crippen LogP contribution in [0.5, 0.6) is 0 Å². The van der Waals surface area contributed by atoms with Gasteiger partial charge >= 0.3 is 5.97 Å². The molecule has 1 aromatic rings. The molecule has 0 aliphatic heterocycles. The van der Waals surface area contributed by atoms with E-state index in [2.05, 4.69) is 6.07 Å². The van der Waals surface area contributed by atoms with E-state index in [9.17, 15) is 4.79 Å². The van der Waals surface area contributed by atoms with Crippen molar-refractivity contribution >= 4 is 5.97 Å². The molecule has 98 valence electrons. The molecule has 1 atom stereocenters. The molecule has 0 radical (unpaired) electrons. The van der Waals surface area contributed by atoms with Gasteiger partial charge in [0.2, 0.25) is 0 Å². The summed E-state index contributed by atoms with van der Waals surface area (Å²) in [6.07, 6.45) is 5.11. The van der Waals surface area contributed by atoms with Gasteiger partial charge in [0.1, 0.15) is 0 Å². The zero-order valence-corrected chi connectivity index (χ0v) is 11.1. The number of nitriles is 1. The number of rotatable bonds is 3. The second-order valence-electron chi connectivity index (χ2n) is 4.60. The van der Waals surface area contributed by atoms with Crippen LogP contribution in [0.15, 0.2) is 35.9 Å². The molecule has 1 aliphatic carbocycles. The third kappa shape index (κ3) is 3.03.